The molecule has 0 unspecified atom stereocenters. The lowest BCUT2D eigenvalue weighted by atomic mass is 10.1. The van der Waals surface area contributed by atoms with Crippen molar-refractivity contribution >= 4 is 16.8 Å². The third-order valence-electron chi connectivity index (χ3n) is 2.37. The molecule has 1 aromatic carbocycles. The van der Waals surface area contributed by atoms with E-state index in [1.807, 2.05) is 0 Å². The minimum Gasteiger partial charge on any atom is -0.494 e. The Morgan fingerprint density at radius 2 is 2.12 bits per heavy atom. The van der Waals surface area contributed by atoms with Gasteiger partial charge in [-0.05, 0) is 25.1 Å². The van der Waals surface area contributed by atoms with Gasteiger partial charge in [0.15, 0.2) is 5.75 Å². The Morgan fingerprint density at radius 1 is 1.38 bits per heavy atom. The van der Waals surface area contributed by atoms with Gasteiger partial charge in [0.25, 0.3) is 0 Å². The molecule has 0 aliphatic carbocycles. The van der Waals surface area contributed by atoms with Crippen molar-refractivity contribution in [3.8, 4) is 5.75 Å². The SMILES string of the molecule is COc1c(C)nnc2ccc(C(N)=O)cc12. The molecule has 0 saturated carbocycles. The minimum atomic E-state index is -0.474. The lowest BCUT2D eigenvalue weighted by Crippen LogP contribution is -2.10. The molecule has 1 heterocycles. The van der Waals surface area contributed by atoms with E-state index in [0.717, 1.165) is 5.39 Å². The van der Waals surface area contributed by atoms with Crippen LogP contribution in [0, 0.1) is 6.92 Å². The monoisotopic (exact) mass is 217 g/mol. The molecule has 1 amide bonds. The number of aryl methyl sites for hydroxylation is 1. The summed E-state index contributed by atoms with van der Waals surface area (Å²) < 4.78 is 5.24. The van der Waals surface area contributed by atoms with E-state index in [9.17, 15) is 4.79 Å². The van der Waals surface area contributed by atoms with E-state index in [0.29, 0.717) is 22.5 Å². The number of benzene rings is 1. The van der Waals surface area contributed by atoms with Crippen LogP contribution in [0.4, 0.5) is 0 Å². The minimum absolute atomic E-state index is 0.429. The van der Waals surface area contributed by atoms with Gasteiger partial charge in [0.2, 0.25) is 5.91 Å². The molecule has 0 aliphatic heterocycles. The molecule has 0 atom stereocenters. The van der Waals surface area contributed by atoms with Gasteiger partial charge in [-0.3, -0.25) is 4.79 Å². The standard InChI is InChI=1S/C11H11N3O2/c1-6-10(16-2)8-5-7(11(12)15)3-4-9(8)14-13-6/h3-5H,1-2H3,(H2,12,15). The van der Waals surface area contributed by atoms with E-state index in [1.165, 1.54) is 0 Å². The van der Waals surface area contributed by atoms with E-state index in [2.05, 4.69) is 10.2 Å². The maximum absolute atomic E-state index is 11.1. The molecule has 0 bridgehead atoms. The van der Waals surface area contributed by atoms with E-state index in [4.69, 9.17) is 10.5 Å². The first-order valence-electron chi connectivity index (χ1n) is 4.74. The van der Waals surface area contributed by atoms with E-state index < -0.39 is 5.91 Å². The molecule has 0 aliphatic rings. The average molecular weight is 217 g/mol. The maximum Gasteiger partial charge on any atom is 0.248 e. The fourth-order valence-electron chi connectivity index (χ4n) is 1.59. The summed E-state index contributed by atoms with van der Waals surface area (Å²) >= 11 is 0. The maximum atomic E-state index is 11.1. The lowest BCUT2D eigenvalue weighted by molar-refractivity contribution is 0.100. The highest BCUT2D eigenvalue weighted by Crippen LogP contribution is 2.26. The predicted molar refractivity (Wildman–Crippen MR) is 59.3 cm³/mol. The zero-order valence-electron chi connectivity index (χ0n) is 9.02. The first kappa shape index (κ1) is 10.4. The number of rotatable bonds is 2. The van der Waals surface area contributed by atoms with Crippen molar-refractivity contribution in [2.75, 3.05) is 7.11 Å². The fourth-order valence-corrected chi connectivity index (χ4v) is 1.59. The van der Waals surface area contributed by atoms with E-state index in [-0.39, 0.29) is 0 Å². The molecular weight excluding hydrogens is 206 g/mol. The van der Waals surface area contributed by atoms with Crippen molar-refractivity contribution < 1.29 is 9.53 Å². The van der Waals surface area contributed by atoms with E-state index >= 15 is 0 Å². The second-order valence-corrected chi connectivity index (χ2v) is 3.41. The van der Waals surface area contributed by atoms with Crippen LogP contribution < -0.4 is 10.5 Å². The summed E-state index contributed by atoms with van der Waals surface area (Å²) in [6.07, 6.45) is 0. The number of aromatic nitrogens is 2. The molecule has 16 heavy (non-hydrogen) atoms. The molecule has 0 radical (unpaired) electrons. The van der Waals surface area contributed by atoms with Gasteiger partial charge in [-0.25, -0.2) is 0 Å². The predicted octanol–water partition coefficient (Wildman–Crippen LogP) is 1.05. The Balaban J connectivity index is 2.78. The largest absolute Gasteiger partial charge is 0.494 e. The number of ether oxygens (including phenoxy) is 1. The van der Waals surface area contributed by atoms with E-state index in [1.54, 1.807) is 32.2 Å². The van der Waals surface area contributed by atoms with Crippen molar-refractivity contribution in [1.29, 1.82) is 0 Å². The topological polar surface area (TPSA) is 78.1 Å². The van der Waals surface area contributed by atoms with Crippen LogP contribution in [0.3, 0.4) is 0 Å². The van der Waals surface area contributed by atoms with Crippen LogP contribution in [0.5, 0.6) is 5.75 Å². The summed E-state index contributed by atoms with van der Waals surface area (Å²) in [6.45, 7) is 1.79. The molecule has 5 heteroatoms. The number of fused-ring (bicyclic) bond motifs is 1. The van der Waals surface area contributed by atoms with Gasteiger partial charge in [0, 0.05) is 10.9 Å². The van der Waals surface area contributed by atoms with Crippen LogP contribution in [0.15, 0.2) is 18.2 Å². The number of primary amides is 1. The quantitative estimate of drug-likeness (QED) is 0.815. The van der Waals surface area contributed by atoms with Crippen LogP contribution in [0.2, 0.25) is 0 Å². The van der Waals surface area contributed by atoms with Crippen LogP contribution in [0.1, 0.15) is 16.1 Å². The number of hydrogen-bond donors (Lipinski definition) is 1. The Morgan fingerprint density at radius 3 is 2.75 bits per heavy atom. The molecule has 5 nitrogen and oxygen atoms in total. The number of carbonyl (C=O) groups excluding carboxylic acids is 1. The highest BCUT2D eigenvalue weighted by atomic mass is 16.5. The number of methoxy groups -OCH3 is 1. The molecule has 1 aromatic heterocycles. The molecular formula is C11H11N3O2. The molecule has 0 saturated heterocycles. The van der Waals surface area contributed by atoms with Gasteiger partial charge in [0.05, 0.1) is 12.6 Å². The summed E-state index contributed by atoms with van der Waals surface area (Å²) in [5.41, 5.74) is 7.00. The van der Waals surface area contributed by atoms with Crippen LogP contribution >= 0.6 is 0 Å². The molecule has 0 fully saturated rings. The Kier molecular flexibility index (Phi) is 2.44. The fraction of sp³-hybridized carbons (Fsp3) is 0.182. The molecule has 2 aromatic rings. The lowest BCUT2D eigenvalue weighted by Gasteiger charge is -2.07. The zero-order valence-corrected chi connectivity index (χ0v) is 9.02. The van der Waals surface area contributed by atoms with Crippen molar-refractivity contribution in [1.82, 2.24) is 10.2 Å². The number of amides is 1. The third kappa shape index (κ3) is 1.56. The first-order valence-corrected chi connectivity index (χ1v) is 4.74. The smallest absolute Gasteiger partial charge is 0.248 e. The zero-order chi connectivity index (χ0) is 11.7. The Bertz CT molecular complexity index is 566. The van der Waals surface area contributed by atoms with Crippen LogP contribution in [-0.4, -0.2) is 23.2 Å². The summed E-state index contributed by atoms with van der Waals surface area (Å²) in [7, 11) is 1.56. The Hall–Kier alpha value is -2.17. The van der Waals surface area contributed by atoms with Crippen molar-refractivity contribution in [2.45, 2.75) is 6.92 Å². The highest BCUT2D eigenvalue weighted by Gasteiger charge is 2.10. The van der Waals surface area contributed by atoms with Gasteiger partial charge in [-0.2, -0.15) is 5.10 Å². The second-order valence-electron chi connectivity index (χ2n) is 3.41. The normalized spacial score (nSPS) is 10.4. The second kappa shape index (κ2) is 3.77. The molecule has 2 rings (SSSR count). The first-order chi connectivity index (χ1) is 7.63. The van der Waals surface area contributed by atoms with Gasteiger partial charge in [0.1, 0.15) is 5.69 Å². The van der Waals surface area contributed by atoms with Crippen molar-refractivity contribution in [2.24, 2.45) is 5.73 Å². The van der Waals surface area contributed by atoms with Gasteiger partial charge in [-0.15, -0.1) is 5.10 Å². The van der Waals surface area contributed by atoms with Crippen LogP contribution in [0.25, 0.3) is 10.9 Å². The number of hydrogen-bond acceptors (Lipinski definition) is 4. The van der Waals surface area contributed by atoms with Gasteiger partial charge >= 0.3 is 0 Å². The average Bonchev–Trinajstić information content (AvgIpc) is 2.28. The molecule has 0 spiro atoms. The number of nitrogens with two attached hydrogens (primary N) is 1. The highest BCUT2D eigenvalue weighted by molar-refractivity contribution is 5.98. The van der Waals surface area contributed by atoms with Gasteiger partial charge in [-0.1, -0.05) is 0 Å². The summed E-state index contributed by atoms with van der Waals surface area (Å²) in [6, 6.07) is 4.98. The van der Waals surface area contributed by atoms with Crippen LogP contribution in [-0.2, 0) is 0 Å². The summed E-state index contributed by atoms with van der Waals surface area (Å²) in [4.78, 5) is 11.1. The van der Waals surface area contributed by atoms with Crippen molar-refractivity contribution in [3.63, 3.8) is 0 Å². The number of nitrogens with zero attached hydrogens (tertiary/aromatic N) is 2. The third-order valence-corrected chi connectivity index (χ3v) is 2.37. The summed E-state index contributed by atoms with van der Waals surface area (Å²) in [5, 5.41) is 8.71. The van der Waals surface area contributed by atoms with Crippen molar-refractivity contribution in [3.05, 3.63) is 29.5 Å². The number of carbonyl (C=O) groups is 1. The molecule has 2 N–H and O–H groups in total. The summed E-state index contributed by atoms with van der Waals surface area (Å²) in [5.74, 6) is 0.145. The Labute approximate surface area is 92.2 Å². The van der Waals surface area contributed by atoms with Gasteiger partial charge < -0.3 is 10.5 Å². The molecule has 82 valence electrons.